The summed E-state index contributed by atoms with van der Waals surface area (Å²) in [7, 11) is 0. The second-order valence-corrected chi connectivity index (χ2v) is 4.71. The molecule has 4 heteroatoms. The second-order valence-electron chi connectivity index (χ2n) is 4.71. The largest absolute Gasteiger partial charge is 0.399 e. The molecule has 2 aromatic rings. The molecule has 0 aromatic heterocycles. The van der Waals surface area contributed by atoms with Gasteiger partial charge in [0.25, 0.3) is 0 Å². The van der Waals surface area contributed by atoms with Gasteiger partial charge in [-0.3, -0.25) is 9.69 Å². The van der Waals surface area contributed by atoms with Crippen molar-refractivity contribution in [3.8, 4) is 0 Å². The number of aryl methyl sites for hydroxylation is 1. The van der Waals surface area contributed by atoms with Crippen LogP contribution in [0.4, 0.5) is 22.7 Å². The summed E-state index contributed by atoms with van der Waals surface area (Å²) in [6.45, 7) is 0. The molecule has 0 saturated carbocycles. The van der Waals surface area contributed by atoms with Crippen molar-refractivity contribution in [1.29, 1.82) is 0 Å². The van der Waals surface area contributed by atoms with Crippen molar-refractivity contribution in [3.05, 3.63) is 48.0 Å². The van der Waals surface area contributed by atoms with Gasteiger partial charge in [-0.25, -0.2) is 0 Å². The van der Waals surface area contributed by atoms with Crippen LogP contribution >= 0.6 is 0 Å². The van der Waals surface area contributed by atoms with Gasteiger partial charge in [0, 0.05) is 17.8 Å². The fraction of sp³-hybridized carbons (Fsp3) is 0.133. The molecule has 0 saturated heterocycles. The Bertz CT molecular complexity index is 652. The highest BCUT2D eigenvalue weighted by Crippen LogP contribution is 2.35. The zero-order valence-corrected chi connectivity index (χ0v) is 10.5. The van der Waals surface area contributed by atoms with Crippen LogP contribution in [-0.2, 0) is 11.2 Å². The predicted molar refractivity (Wildman–Crippen MR) is 77.2 cm³/mol. The SMILES string of the molecule is Nc1cccc(N2C(=O)CCc3cc(N)ccc32)c1. The van der Waals surface area contributed by atoms with Crippen molar-refractivity contribution in [3.63, 3.8) is 0 Å². The predicted octanol–water partition coefficient (Wildman–Crippen LogP) is 2.46. The highest BCUT2D eigenvalue weighted by Gasteiger charge is 2.25. The number of hydrogen-bond acceptors (Lipinski definition) is 3. The molecule has 96 valence electrons. The van der Waals surface area contributed by atoms with Gasteiger partial charge in [-0.15, -0.1) is 0 Å². The fourth-order valence-corrected chi connectivity index (χ4v) is 2.46. The summed E-state index contributed by atoms with van der Waals surface area (Å²) in [6, 6.07) is 13.0. The number of hydrogen-bond donors (Lipinski definition) is 2. The van der Waals surface area contributed by atoms with Crippen molar-refractivity contribution in [1.82, 2.24) is 0 Å². The highest BCUT2D eigenvalue weighted by atomic mass is 16.2. The number of rotatable bonds is 1. The number of carbonyl (C=O) groups excluding carboxylic acids is 1. The molecule has 1 aliphatic heterocycles. The Hall–Kier alpha value is -2.49. The Morgan fingerprint density at radius 1 is 0.947 bits per heavy atom. The number of anilines is 4. The summed E-state index contributed by atoms with van der Waals surface area (Å²) in [5, 5.41) is 0. The minimum absolute atomic E-state index is 0.0860. The van der Waals surface area contributed by atoms with Crippen molar-refractivity contribution >= 4 is 28.7 Å². The number of amides is 1. The number of nitrogen functional groups attached to an aromatic ring is 2. The van der Waals surface area contributed by atoms with Crippen LogP contribution in [0.5, 0.6) is 0 Å². The van der Waals surface area contributed by atoms with Gasteiger partial charge < -0.3 is 11.5 Å². The molecule has 3 rings (SSSR count). The Morgan fingerprint density at radius 3 is 2.53 bits per heavy atom. The monoisotopic (exact) mass is 253 g/mol. The van der Waals surface area contributed by atoms with Gasteiger partial charge in [-0.1, -0.05) is 6.07 Å². The third-order valence-electron chi connectivity index (χ3n) is 3.33. The van der Waals surface area contributed by atoms with Crippen LogP contribution in [0.2, 0.25) is 0 Å². The molecule has 1 aliphatic rings. The molecule has 1 heterocycles. The van der Waals surface area contributed by atoms with E-state index in [4.69, 9.17) is 11.5 Å². The van der Waals surface area contributed by atoms with Crippen molar-refractivity contribution in [2.24, 2.45) is 0 Å². The van der Waals surface area contributed by atoms with Gasteiger partial charge in [0.15, 0.2) is 0 Å². The summed E-state index contributed by atoms with van der Waals surface area (Å²) in [5.41, 5.74) is 15.8. The third-order valence-corrected chi connectivity index (χ3v) is 3.33. The third kappa shape index (κ3) is 2.01. The molecule has 0 fully saturated rings. The van der Waals surface area contributed by atoms with E-state index in [1.807, 2.05) is 42.5 Å². The lowest BCUT2D eigenvalue weighted by Crippen LogP contribution is -2.30. The zero-order valence-electron chi connectivity index (χ0n) is 10.5. The smallest absolute Gasteiger partial charge is 0.231 e. The summed E-state index contributed by atoms with van der Waals surface area (Å²) < 4.78 is 0. The van der Waals surface area contributed by atoms with Crippen LogP contribution < -0.4 is 16.4 Å². The zero-order chi connectivity index (χ0) is 13.4. The molecule has 0 unspecified atom stereocenters. The van der Waals surface area contributed by atoms with Crippen molar-refractivity contribution < 1.29 is 4.79 Å². The van der Waals surface area contributed by atoms with E-state index in [9.17, 15) is 4.79 Å². The molecule has 1 amide bonds. The highest BCUT2D eigenvalue weighted by molar-refractivity contribution is 6.03. The molecule has 0 atom stereocenters. The molecule has 4 nitrogen and oxygen atoms in total. The molecular weight excluding hydrogens is 238 g/mol. The first-order chi connectivity index (χ1) is 9.15. The number of nitrogens with two attached hydrogens (primary N) is 2. The minimum atomic E-state index is 0.0860. The molecule has 0 radical (unpaired) electrons. The van der Waals surface area contributed by atoms with Crippen LogP contribution in [-0.4, -0.2) is 5.91 Å². The Labute approximate surface area is 111 Å². The topological polar surface area (TPSA) is 72.3 Å². The van der Waals surface area contributed by atoms with Gasteiger partial charge in [0.2, 0.25) is 5.91 Å². The van der Waals surface area contributed by atoms with E-state index in [2.05, 4.69) is 0 Å². The number of nitrogens with zero attached hydrogens (tertiary/aromatic N) is 1. The van der Waals surface area contributed by atoms with Crippen LogP contribution in [0, 0.1) is 0 Å². The number of carbonyl (C=O) groups is 1. The van der Waals surface area contributed by atoms with Crippen molar-refractivity contribution in [2.75, 3.05) is 16.4 Å². The van der Waals surface area contributed by atoms with E-state index >= 15 is 0 Å². The Morgan fingerprint density at radius 2 is 1.74 bits per heavy atom. The minimum Gasteiger partial charge on any atom is -0.399 e. The van der Waals surface area contributed by atoms with E-state index in [0.29, 0.717) is 12.1 Å². The van der Waals surface area contributed by atoms with E-state index in [1.165, 1.54) is 0 Å². The first-order valence-electron chi connectivity index (χ1n) is 6.22. The van der Waals surface area contributed by atoms with E-state index in [-0.39, 0.29) is 5.91 Å². The summed E-state index contributed by atoms with van der Waals surface area (Å²) in [4.78, 5) is 13.9. The molecule has 4 N–H and O–H groups in total. The van der Waals surface area contributed by atoms with Gasteiger partial charge in [-0.2, -0.15) is 0 Å². The Balaban J connectivity index is 2.13. The fourth-order valence-electron chi connectivity index (χ4n) is 2.46. The number of benzene rings is 2. The lowest BCUT2D eigenvalue weighted by Gasteiger charge is -2.29. The molecule has 19 heavy (non-hydrogen) atoms. The maximum Gasteiger partial charge on any atom is 0.231 e. The Kier molecular flexibility index (Phi) is 2.63. The standard InChI is InChI=1S/C15H15N3O/c16-11-2-1-3-13(9-11)18-14-6-5-12(17)8-10(14)4-7-15(18)19/h1-3,5-6,8-9H,4,7,16-17H2. The molecule has 0 spiro atoms. The number of fused-ring (bicyclic) bond motifs is 1. The lowest BCUT2D eigenvalue weighted by atomic mass is 9.99. The summed E-state index contributed by atoms with van der Waals surface area (Å²) in [5.74, 6) is 0.0860. The average Bonchev–Trinajstić information content (AvgIpc) is 2.39. The average molecular weight is 253 g/mol. The first kappa shape index (κ1) is 11.6. The summed E-state index contributed by atoms with van der Waals surface area (Å²) >= 11 is 0. The lowest BCUT2D eigenvalue weighted by molar-refractivity contribution is -0.118. The van der Waals surface area contributed by atoms with E-state index in [1.54, 1.807) is 4.90 Å². The van der Waals surface area contributed by atoms with Gasteiger partial charge in [-0.05, 0) is 48.4 Å². The van der Waals surface area contributed by atoms with Crippen LogP contribution in [0.1, 0.15) is 12.0 Å². The van der Waals surface area contributed by atoms with E-state index in [0.717, 1.165) is 29.0 Å². The quantitative estimate of drug-likeness (QED) is 0.767. The second kappa shape index (κ2) is 4.31. The van der Waals surface area contributed by atoms with Gasteiger partial charge >= 0.3 is 0 Å². The molecular formula is C15H15N3O. The molecule has 0 bridgehead atoms. The first-order valence-corrected chi connectivity index (χ1v) is 6.22. The van der Waals surface area contributed by atoms with Gasteiger partial charge in [0.05, 0.1) is 11.4 Å². The van der Waals surface area contributed by atoms with Crippen LogP contribution in [0.15, 0.2) is 42.5 Å². The maximum absolute atomic E-state index is 12.2. The molecule has 2 aromatic carbocycles. The molecule has 0 aliphatic carbocycles. The van der Waals surface area contributed by atoms with Gasteiger partial charge in [0.1, 0.15) is 0 Å². The van der Waals surface area contributed by atoms with Crippen LogP contribution in [0.3, 0.4) is 0 Å². The van der Waals surface area contributed by atoms with E-state index < -0.39 is 0 Å². The summed E-state index contributed by atoms with van der Waals surface area (Å²) in [6.07, 6.45) is 1.23. The van der Waals surface area contributed by atoms with Crippen LogP contribution in [0.25, 0.3) is 0 Å². The maximum atomic E-state index is 12.2. The van der Waals surface area contributed by atoms with Crippen molar-refractivity contribution in [2.45, 2.75) is 12.8 Å². The normalized spacial score (nSPS) is 14.3.